The fourth-order valence-electron chi connectivity index (χ4n) is 3.18. The highest BCUT2D eigenvalue weighted by molar-refractivity contribution is 5.14. The molecule has 6 nitrogen and oxygen atoms in total. The predicted octanol–water partition coefficient (Wildman–Crippen LogP) is 1.76. The first-order valence-corrected chi connectivity index (χ1v) is 7.83. The maximum atomic E-state index is 5.59. The Morgan fingerprint density at radius 2 is 2.23 bits per heavy atom. The van der Waals surface area contributed by atoms with Gasteiger partial charge >= 0.3 is 0 Å². The van der Waals surface area contributed by atoms with E-state index in [4.69, 9.17) is 9.72 Å². The van der Waals surface area contributed by atoms with Crippen LogP contribution in [0, 0.1) is 13.8 Å². The third-order valence-electron chi connectivity index (χ3n) is 4.73. The molecule has 2 aromatic rings. The van der Waals surface area contributed by atoms with Crippen LogP contribution >= 0.6 is 0 Å². The molecule has 0 spiro atoms. The van der Waals surface area contributed by atoms with Crippen LogP contribution in [0.15, 0.2) is 12.5 Å². The number of aromatic amines is 1. The second-order valence-corrected chi connectivity index (χ2v) is 6.18. The molecule has 120 valence electrons. The second-order valence-electron chi connectivity index (χ2n) is 6.18. The third-order valence-corrected chi connectivity index (χ3v) is 4.73. The highest BCUT2D eigenvalue weighted by Gasteiger charge is 2.34. The quantitative estimate of drug-likeness (QED) is 0.914. The highest BCUT2D eigenvalue weighted by atomic mass is 16.5. The molecule has 1 saturated heterocycles. The zero-order chi connectivity index (χ0) is 15.7. The fraction of sp³-hybridized carbons (Fsp3) is 0.625. The Kier molecular flexibility index (Phi) is 4.31. The van der Waals surface area contributed by atoms with Crippen molar-refractivity contribution in [2.75, 3.05) is 20.2 Å². The van der Waals surface area contributed by atoms with Crippen molar-refractivity contribution in [2.24, 2.45) is 7.05 Å². The molecule has 0 amide bonds. The highest BCUT2D eigenvalue weighted by Crippen LogP contribution is 2.32. The Labute approximate surface area is 131 Å². The molecule has 0 unspecified atom stereocenters. The minimum Gasteiger partial charge on any atom is -0.380 e. The van der Waals surface area contributed by atoms with Gasteiger partial charge < -0.3 is 14.3 Å². The maximum Gasteiger partial charge on any atom is 0.124 e. The molecule has 1 aliphatic rings. The van der Waals surface area contributed by atoms with Crippen LogP contribution in [0.3, 0.4) is 0 Å². The molecular weight excluding hydrogens is 278 g/mol. The van der Waals surface area contributed by atoms with Crippen LogP contribution in [0.4, 0.5) is 0 Å². The summed E-state index contributed by atoms with van der Waals surface area (Å²) in [5.41, 5.74) is 3.50. The first kappa shape index (κ1) is 15.2. The normalized spacial score (nSPS) is 22.5. The molecule has 2 atom stereocenters. The van der Waals surface area contributed by atoms with Gasteiger partial charge in [0.25, 0.3) is 0 Å². The Morgan fingerprint density at radius 3 is 2.82 bits per heavy atom. The van der Waals surface area contributed by atoms with Gasteiger partial charge in [0.1, 0.15) is 5.82 Å². The van der Waals surface area contributed by atoms with Crippen LogP contribution in [-0.4, -0.2) is 50.7 Å². The smallest absolute Gasteiger partial charge is 0.124 e. The molecule has 0 saturated carbocycles. The van der Waals surface area contributed by atoms with E-state index in [9.17, 15) is 0 Å². The molecule has 1 aliphatic heterocycles. The largest absolute Gasteiger partial charge is 0.380 e. The number of aryl methyl sites for hydroxylation is 3. The van der Waals surface area contributed by atoms with E-state index in [0.29, 0.717) is 6.04 Å². The zero-order valence-electron chi connectivity index (χ0n) is 13.8. The topological polar surface area (TPSA) is 59.0 Å². The van der Waals surface area contributed by atoms with E-state index in [1.165, 1.54) is 5.69 Å². The predicted molar refractivity (Wildman–Crippen MR) is 84.7 cm³/mol. The first-order chi connectivity index (χ1) is 10.6. The van der Waals surface area contributed by atoms with Crippen molar-refractivity contribution >= 4 is 0 Å². The minimum absolute atomic E-state index is 0.280. The number of rotatable bonds is 5. The van der Waals surface area contributed by atoms with E-state index in [0.717, 1.165) is 43.1 Å². The lowest BCUT2D eigenvalue weighted by molar-refractivity contribution is 0.108. The molecule has 0 aliphatic carbocycles. The zero-order valence-corrected chi connectivity index (χ0v) is 13.8. The van der Waals surface area contributed by atoms with Crippen LogP contribution in [0.5, 0.6) is 0 Å². The van der Waals surface area contributed by atoms with Crippen LogP contribution in [0.2, 0.25) is 0 Å². The summed E-state index contributed by atoms with van der Waals surface area (Å²) in [6, 6.07) is 0.311. The van der Waals surface area contributed by atoms with Crippen LogP contribution in [-0.2, 0) is 18.2 Å². The molecule has 22 heavy (non-hydrogen) atoms. The summed E-state index contributed by atoms with van der Waals surface area (Å²) in [6.45, 7) is 6.08. The van der Waals surface area contributed by atoms with Crippen molar-refractivity contribution in [2.45, 2.75) is 38.8 Å². The van der Waals surface area contributed by atoms with Crippen LogP contribution in [0.1, 0.15) is 35.4 Å². The van der Waals surface area contributed by atoms with Gasteiger partial charge in [-0.3, -0.25) is 4.90 Å². The van der Waals surface area contributed by atoms with E-state index in [-0.39, 0.29) is 6.10 Å². The number of hydrogen-bond acceptors (Lipinski definition) is 4. The lowest BCUT2D eigenvalue weighted by Crippen LogP contribution is -2.28. The Balaban J connectivity index is 1.73. The van der Waals surface area contributed by atoms with E-state index in [1.807, 2.05) is 19.6 Å². The number of imidazole rings is 2. The number of H-pyrrole nitrogens is 1. The number of nitrogens with zero attached hydrogens (tertiary/aromatic N) is 4. The van der Waals surface area contributed by atoms with Gasteiger partial charge in [0, 0.05) is 51.3 Å². The van der Waals surface area contributed by atoms with Gasteiger partial charge in [-0.05, 0) is 20.3 Å². The van der Waals surface area contributed by atoms with E-state index in [1.54, 1.807) is 7.11 Å². The minimum atomic E-state index is 0.280. The molecule has 0 bridgehead atoms. The van der Waals surface area contributed by atoms with Crippen LogP contribution < -0.4 is 0 Å². The van der Waals surface area contributed by atoms with E-state index in [2.05, 4.69) is 33.3 Å². The Morgan fingerprint density at radius 1 is 1.41 bits per heavy atom. The van der Waals surface area contributed by atoms with Gasteiger partial charge in [0.05, 0.1) is 24.2 Å². The second kappa shape index (κ2) is 6.22. The van der Waals surface area contributed by atoms with Crippen molar-refractivity contribution < 1.29 is 4.74 Å². The van der Waals surface area contributed by atoms with Crippen molar-refractivity contribution in [1.82, 2.24) is 24.4 Å². The van der Waals surface area contributed by atoms with Crippen molar-refractivity contribution in [3.8, 4) is 0 Å². The molecule has 6 heteroatoms. The molecular formula is C16H25N5O. The molecule has 1 N–H and O–H groups in total. The molecule has 3 heterocycles. The molecule has 3 rings (SSSR count). The number of nitrogens with one attached hydrogen (secondary N) is 1. The number of likely N-dealkylation sites (tertiary alicyclic amines) is 1. The first-order valence-electron chi connectivity index (χ1n) is 7.83. The van der Waals surface area contributed by atoms with Gasteiger partial charge in [-0.25, -0.2) is 9.97 Å². The summed E-state index contributed by atoms with van der Waals surface area (Å²) >= 11 is 0. The number of ether oxygens (including phenoxy) is 1. The summed E-state index contributed by atoms with van der Waals surface area (Å²) in [6.07, 6.45) is 6.06. The number of aromatic nitrogens is 4. The SMILES string of the molecule is CO[C@@H]1C[C@@H](c2nc(C)c(C)[nH]2)N(CCc2cncn2C)C1. The third kappa shape index (κ3) is 2.94. The summed E-state index contributed by atoms with van der Waals surface area (Å²) in [4.78, 5) is 14.8. The lowest BCUT2D eigenvalue weighted by atomic mass is 10.2. The molecule has 0 aromatic carbocycles. The standard InChI is InChI=1S/C16H25N5O/c1-11-12(2)19-16(18-11)15-7-14(22-4)9-21(15)6-5-13-8-17-10-20(13)3/h8,10,14-15H,5-7,9H2,1-4H3,(H,18,19)/t14-,15+/m1/s1. The lowest BCUT2D eigenvalue weighted by Gasteiger charge is -2.22. The van der Waals surface area contributed by atoms with Gasteiger partial charge in [-0.2, -0.15) is 0 Å². The maximum absolute atomic E-state index is 5.59. The van der Waals surface area contributed by atoms with Crippen molar-refractivity contribution in [1.29, 1.82) is 0 Å². The summed E-state index contributed by atoms with van der Waals surface area (Å²) in [5.74, 6) is 1.07. The van der Waals surface area contributed by atoms with E-state index < -0.39 is 0 Å². The monoisotopic (exact) mass is 303 g/mol. The molecule has 1 fully saturated rings. The molecule has 2 aromatic heterocycles. The van der Waals surface area contributed by atoms with Gasteiger partial charge in [0.15, 0.2) is 0 Å². The Bertz CT molecular complexity index is 613. The summed E-state index contributed by atoms with van der Waals surface area (Å²) in [7, 11) is 3.84. The Hall–Kier alpha value is -1.66. The van der Waals surface area contributed by atoms with Gasteiger partial charge in [-0.1, -0.05) is 0 Å². The molecule has 0 radical (unpaired) electrons. The van der Waals surface area contributed by atoms with Crippen molar-refractivity contribution in [3.05, 3.63) is 35.4 Å². The average Bonchev–Trinajstić information content (AvgIpc) is 3.17. The van der Waals surface area contributed by atoms with Crippen LogP contribution in [0.25, 0.3) is 0 Å². The number of hydrogen-bond donors (Lipinski definition) is 1. The summed E-state index contributed by atoms with van der Waals surface area (Å²) in [5, 5.41) is 0. The van der Waals surface area contributed by atoms with E-state index >= 15 is 0 Å². The van der Waals surface area contributed by atoms with Crippen molar-refractivity contribution in [3.63, 3.8) is 0 Å². The number of methoxy groups -OCH3 is 1. The fourth-order valence-corrected chi connectivity index (χ4v) is 3.18. The average molecular weight is 303 g/mol. The van der Waals surface area contributed by atoms with Gasteiger partial charge in [-0.15, -0.1) is 0 Å². The van der Waals surface area contributed by atoms with Gasteiger partial charge in [0.2, 0.25) is 0 Å². The summed E-state index contributed by atoms with van der Waals surface area (Å²) < 4.78 is 7.67.